The molecule has 4 N–H and O–H groups in total. The Bertz CT molecular complexity index is 219. The van der Waals surface area contributed by atoms with Gasteiger partial charge in [0.15, 0.2) is 0 Å². The quantitative estimate of drug-likeness (QED) is 0.512. The lowest BCUT2D eigenvalue weighted by molar-refractivity contribution is -0.142. The van der Waals surface area contributed by atoms with E-state index in [2.05, 4.69) is 5.32 Å². The molecule has 1 amide bonds. The van der Waals surface area contributed by atoms with Crippen LogP contribution < -0.4 is 11.1 Å². The number of hydrogen-bond donors (Lipinski definition) is 3. The lowest BCUT2D eigenvalue weighted by Crippen LogP contribution is -2.40. The first-order chi connectivity index (χ1) is 7.61. The molecule has 0 fully saturated rings. The first-order valence-electron chi connectivity index (χ1n) is 5.84. The van der Waals surface area contributed by atoms with Gasteiger partial charge in [-0.15, -0.1) is 0 Å². The summed E-state index contributed by atoms with van der Waals surface area (Å²) in [5, 5.41) is 11.4. The number of carboxylic acids is 1. The molecular formula is C11H22N2O3. The maximum atomic E-state index is 11.4. The third-order valence-corrected chi connectivity index (χ3v) is 2.34. The van der Waals surface area contributed by atoms with Crippen molar-refractivity contribution in [3.05, 3.63) is 0 Å². The number of nitrogens with two attached hydrogens (primary N) is 1. The van der Waals surface area contributed by atoms with E-state index in [0.717, 1.165) is 19.3 Å². The molecule has 0 radical (unpaired) electrons. The zero-order valence-electron chi connectivity index (χ0n) is 9.87. The zero-order chi connectivity index (χ0) is 12.4. The first-order valence-corrected chi connectivity index (χ1v) is 5.84. The van der Waals surface area contributed by atoms with Crippen molar-refractivity contribution in [2.45, 2.75) is 51.5 Å². The van der Waals surface area contributed by atoms with Crippen LogP contribution in [-0.2, 0) is 9.59 Å². The lowest BCUT2D eigenvalue weighted by atomic mass is 10.1. The molecule has 0 unspecified atom stereocenters. The second kappa shape index (κ2) is 9.15. The van der Waals surface area contributed by atoms with E-state index in [9.17, 15) is 9.59 Å². The largest absolute Gasteiger partial charge is 0.480 e. The summed E-state index contributed by atoms with van der Waals surface area (Å²) in [5.41, 5.74) is 5.30. The Morgan fingerprint density at radius 1 is 1.31 bits per heavy atom. The highest BCUT2D eigenvalue weighted by atomic mass is 16.4. The molecule has 0 aromatic heterocycles. The van der Waals surface area contributed by atoms with Crippen LogP contribution in [-0.4, -0.2) is 29.6 Å². The molecule has 16 heavy (non-hydrogen) atoms. The van der Waals surface area contributed by atoms with E-state index in [-0.39, 0.29) is 5.91 Å². The van der Waals surface area contributed by atoms with E-state index in [1.807, 2.05) is 6.92 Å². The number of carbonyl (C=O) groups is 2. The molecule has 0 aliphatic rings. The predicted octanol–water partition coefficient (Wildman–Crippen LogP) is 0.875. The van der Waals surface area contributed by atoms with Crippen molar-refractivity contribution in [1.29, 1.82) is 0 Å². The summed E-state index contributed by atoms with van der Waals surface area (Å²) in [6.45, 7) is 2.55. The van der Waals surface area contributed by atoms with Crippen LogP contribution in [0.15, 0.2) is 0 Å². The highest BCUT2D eigenvalue weighted by Gasteiger charge is 2.18. The Hall–Kier alpha value is -1.10. The van der Waals surface area contributed by atoms with Gasteiger partial charge in [-0.2, -0.15) is 0 Å². The standard InChI is InChI=1S/C11H22N2O3/c1-2-3-6-9(11(15)16)13-10(14)7-4-5-8-12/h9H,2-8,12H2,1H3,(H,13,14)(H,15,16)/t9-/m0/s1. The van der Waals surface area contributed by atoms with Gasteiger partial charge < -0.3 is 16.2 Å². The minimum absolute atomic E-state index is 0.197. The molecule has 0 saturated carbocycles. The van der Waals surface area contributed by atoms with Crippen molar-refractivity contribution in [2.24, 2.45) is 5.73 Å². The molecule has 0 aromatic carbocycles. The maximum absolute atomic E-state index is 11.4. The van der Waals surface area contributed by atoms with Gasteiger partial charge in [0.05, 0.1) is 0 Å². The van der Waals surface area contributed by atoms with Gasteiger partial charge in [0.1, 0.15) is 6.04 Å². The van der Waals surface area contributed by atoms with Crippen LogP contribution in [0.3, 0.4) is 0 Å². The highest BCUT2D eigenvalue weighted by Crippen LogP contribution is 2.02. The number of aliphatic carboxylic acids is 1. The Labute approximate surface area is 96.4 Å². The van der Waals surface area contributed by atoms with Crippen LogP contribution in [0.1, 0.15) is 45.4 Å². The summed E-state index contributed by atoms with van der Waals surface area (Å²) >= 11 is 0. The van der Waals surface area contributed by atoms with Crippen LogP contribution in [0.25, 0.3) is 0 Å². The lowest BCUT2D eigenvalue weighted by Gasteiger charge is -2.13. The molecule has 94 valence electrons. The normalized spacial score (nSPS) is 12.1. The van der Waals surface area contributed by atoms with Crippen molar-refractivity contribution in [2.75, 3.05) is 6.54 Å². The number of rotatable bonds is 9. The third kappa shape index (κ3) is 7.23. The summed E-state index contributed by atoms with van der Waals surface area (Å²) in [4.78, 5) is 22.2. The van der Waals surface area contributed by atoms with Gasteiger partial charge in [0.2, 0.25) is 5.91 Å². The summed E-state index contributed by atoms with van der Waals surface area (Å²) < 4.78 is 0. The summed E-state index contributed by atoms with van der Waals surface area (Å²) in [6, 6.07) is -0.745. The second-order valence-corrected chi connectivity index (χ2v) is 3.85. The minimum Gasteiger partial charge on any atom is -0.480 e. The van der Waals surface area contributed by atoms with Gasteiger partial charge in [-0.1, -0.05) is 19.8 Å². The number of hydrogen-bond acceptors (Lipinski definition) is 3. The Balaban J connectivity index is 3.88. The van der Waals surface area contributed by atoms with Gasteiger partial charge in [-0.05, 0) is 25.8 Å². The predicted molar refractivity (Wildman–Crippen MR) is 62.0 cm³/mol. The van der Waals surface area contributed by atoms with Crippen LogP contribution in [0.2, 0.25) is 0 Å². The van der Waals surface area contributed by atoms with E-state index in [1.165, 1.54) is 0 Å². The van der Waals surface area contributed by atoms with Gasteiger partial charge in [0.25, 0.3) is 0 Å². The number of unbranched alkanes of at least 4 members (excludes halogenated alkanes) is 2. The fraction of sp³-hybridized carbons (Fsp3) is 0.818. The molecule has 0 rings (SSSR count). The topological polar surface area (TPSA) is 92.4 Å². The summed E-state index contributed by atoms with van der Waals surface area (Å²) in [6.07, 6.45) is 4.08. The molecule has 0 aliphatic heterocycles. The van der Waals surface area contributed by atoms with E-state index >= 15 is 0 Å². The van der Waals surface area contributed by atoms with E-state index in [1.54, 1.807) is 0 Å². The van der Waals surface area contributed by atoms with Crippen LogP contribution >= 0.6 is 0 Å². The van der Waals surface area contributed by atoms with E-state index < -0.39 is 12.0 Å². The first kappa shape index (κ1) is 14.9. The fourth-order valence-electron chi connectivity index (χ4n) is 1.36. The number of amides is 1. The van der Waals surface area contributed by atoms with Crippen molar-refractivity contribution in [3.8, 4) is 0 Å². The van der Waals surface area contributed by atoms with Crippen LogP contribution in [0.4, 0.5) is 0 Å². The Morgan fingerprint density at radius 2 is 2.00 bits per heavy atom. The Kier molecular flexibility index (Phi) is 8.52. The summed E-state index contributed by atoms with van der Waals surface area (Å²) in [7, 11) is 0. The minimum atomic E-state index is -0.958. The number of nitrogens with one attached hydrogen (secondary N) is 1. The van der Waals surface area contributed by atoms with E-state index in [0.29, 0.717) is 25.8 Å². The number of carbonyl (C=O) groups excluding carboxylic acids is 1. The molecule has 0 aliphatic carbocycles. The summed E-state index contributed by atoms with van der Waals surface area (Å²) in [5.74, 6) is -1.16. The molecule has 5 nitrogen and oxygen atoms in total. The fourth-order valence-corrected chi connectivity index (χ4v) is 1.36. The highest BCUT2D eigenvalue weighted by molar-refractivity contribution is 5.83. The van der Waals surface area contributed by atoms with Crippen molar-refractivity contribution >= 4 is 11.9 Å². The average molecular weight is 230 g/mol. The van der Waals surface area contributed by atoms with Gasteiger partial charge in [-0.25, -0.2) is 4.79 Å². The molecule has 0 heterocycles. The van der Waals surface area contributed by atoms with Crippen molar-refractivity contribution in [3.63, 3.8) is 0 Å². The number of carboxylic acid groups (broad SMARTS) is 1. The van der Waals surface area contributed by atoms with Gasteiger partial charge >= 0.3 is 5.97 Å². The van der Waals surface area contributed by atoms with Crippen molar-refractivity contribution < 1.29 is 14.7 Å². The molecule has 0 saturated heterocycles. The van der Waals surface area contributed by atoms with Crippen LogP contribution in [0, 0.1) is 0 Å². The molecule has 1 atom stereocenters. The zero-order valence-corrected chi connectivity index (χ0v) is 9.87. The SMILES string of the molecule is CCCC[C@H](NC(=O)CCCCN)C(=O)O. The molecule has 0 spiro atoms. The molecule has 0 bridgehead atoms. The molecular weight excluding hydrogens is 208 g/mol. The van der Waals surface area contributed by atoms with Crippen molar-refractivity contribution in [1.82, 2.24) is 5.32 Å². The molecule has 5 heteroatoms. The second-order valence-electron chi connectivity index (χ2n) is 3.85. The monoisotopic (exact) mass is 230 g/mol. The van der Waals surface area contributed by atoms with Crippen LogP contribution in [0.5, 0.6) is 0 Å². The smallest absolute Gasteiger partial charge is 0.326 e. The van der Waals surface area contributed by atoms with E-state index in [4.69, 9.17) is 10.8 Å². The van der Waals surface area contributed by atoms with Gasteiger partial charge in [-0.3, -0.25) is 4.79 Å². The van der Waals surface area contributed by atoms with Gasteiger partial charge in [0, 0.05) is 6.42 Å². The molecule has 0 aromatic rings. The third-order valence-electron chi connectivity index (χ3n) is 2.34. The average Bonchev–Trinajstić information content (AvgIpc) is 2.24. The Morgan fingerprint density at radius 3 is 2.50 bits per heavy atom. The maximum Gasteiger partial charge on any atom is 0.326 e.